The summed E-state index contributed by atoms with van der Waals surface area (Å²) in [6.07, 6.45) is 0. The lowest BCUT2D eigenvalue weighted by Gasteiger charge is -2.22. The molecule has 0 saturated carbocycles. The highest BCUT2D eigenvalue weighted by Gasteiger charge is 2.18. The zero-order valence-corrected chi connectivity index (χ0v) is 12.3. The Morgan fingerprint density at radius 3 is 2.70 bits per heavy atom. The second-order valence-corrected chi connectivity index (χ2v) is 5.07. The van der Waals surface area contributed by atoms with E-state index in [9.17, 15) is 5.11 Å². The van der Waals surface area contributed by atoms with Crippen LogP contribution in [0.25, 0.3) is 11.1 Å². The van der Waals surface area contributed by atoms with Gasteiger partial charge < -0.3 is 20.5 Å². The fraction of sp³-hybridized carbons (Fsp3) is 0.357. The van der Waals surface area contributed by atoms with Crippen LogP contribution in [0.1, 0.15) is 0 Å². The molecule has 0 bridgehead atoms. The Kier molecular flexibility index (Phi) is 5.34. The molecule has 108 valence electrons. The van der Waals surface area contributed by atoms with Gasteiger partial charge in [-0.1, -0.05) is 30.3 Å². The summed E-state index contributed by atoms with van der Waals surface area (Å²) in [6.45, 7) is 1.89. The number of hydrogen-bond acceptors (Lipinski definition) is 6. The van der Waals surface area contributed by atoms with Gasteiger partial charge in [-0.15, -0.1) is 0 Å². The largest absolute Gasteiger partial charge is 0.395 e. The Morgan fingerprint density at radius 2 is 2.05 bits per heavy atom. The first kappa shape index (κ1) is 14.8. The van der Waals surface area contributed by atoms with Crippen molar-refractivity contribution in [2.75, 3.05) is 44.0 Å². The predicted molar refractivity (Wildman–Crippen MR) is 83.1 cm³/mol. The number of rotatable bonds is 7. The van der Waals surface area contributed by atoms with E-state index in [0.29, 0.717) is 25.5 Å². The first-order valence-corrected chi connectivity index (χ1v) is 7.20. The van der Waals surface area contributed by atoms with Crippen molar-refractivity contribution in [3.8, 4) is 11.1 Å². The molecule has 1 heterocycles. The summed E-state index contributed by atoms with van der Waals surface area (Å²) in [7, 11) is 1.66. The molecule has 0 aliphatic carbocycles. The number of aliphatic hydroxyl groups excluding tert-OH is 1. The summed E-state index contributed by atoms with van der Waals surface area (Å²) in [5.74, 6) is 0.525. The fourth-order valence-electron chi connectivity index (χ4n) is 2.02. The zero-order valence-electron chi connectivity index (χ0n) is 11.5. The van der Waals surface area contributed by atoms with Gasteiger partial charge in [0.1, 0.15) is 10.8 Å². The lowest BCUT2D eigenvalue weighted by atomic mass is 10.1. The monoisotopic (exact) mass is 293 g/mol. The summed E-state index contributed by atoms with van der Waals surface area (Å²) in [6, 6.07) is 9.94. The van der Waals surface area contributed by atoms with Crippen LogP contribution in [0.2, 0.25) is 0 Å². The van der Waals surface area contributed by atoms with E-state index in [0.717, 1.165) is 16.1 Å². The van der Waals surface area contributed by atoms with Gasteiger partial charge in [0.25, 0.3) is 0 Å². The first-order chi connectivity index (χ1) is 9.77. The van der Waals surface area contributed by atoms with Crippen molar-refractivity contribution in [3.05, 3.63) is 30.3 Å². The summed E-state index contributed by atoms with van der Waals surface area (Å²) in [4.78, 5) is 2.06. The van der Waals surface area contributed by atoms with E-state index < -0.39 is 0 Å². The highest BCUT2D eigenvalue weighted by atomic mass is 32.1. The van der Waals surface area contributed by atoms with Gasteiger partial charge in [0.2, 0.25) is 0 Å². The topological polar surface area (TPSA) is 71.6 Å². The molecule has 6 heteroatoms. The highest BCUT2D eigenvalue weighted by Crippen LogP contribution is 2.38. The van der Waals surface area contributed by atoms with Crippen LogP contribution >= 0.6 is 11.5 Å². The van der Waals surface area contributed by atoms with E-state index in [2.05, 4.69) is 9.27 Å². The number of anilines is 2. The molecule has 0 atom stereocenters. The fourth-order valence-corrected chi connectivity index (χ4v) is 2.91. The van der Waals surface area contributed by atoms with E-state index in [4.69, 9.17) is 10.5 Å². The van der Waals surface area contributed by atoms with Crippen molar-refractivity contribution in [2.45, 2.75) is 0 Å². The SMILES string of the molecule is COCCN(CCO)c1snc(N)c1-c1ccccc1. The minimum atomic E-state index is 0.0791. The van der Waals surface area contributed by atoms with Crippen molar-refractivity contribution < 1.29 is 9.84 Å². The van der Waals surface area contributed by atoms with Crippen LogP contribution in [-0.4, -0.2) is 42.9 Å². The Hall–Kier alpha value is -1.63. The number of nitrogens with zero attached hydrogens (tertiary/aromatic N) is 2. The molecule has 0 saturated heterocycles. The van der Waals surface area contributed by atoms with Crippen LogP contribution in [0.5, 0.6) is 0 Å². The van der Waals surface area contributed by atoms with E-state index in [1.54, 1.807) is 7.11 Å². The minimum Gasteiger partial charge on any atom is -0.395 e. The molecule has 2 aromatic rings. The number of aromatic nitrogens is 1. The number of hydrogen-bond donors (Lipinski definition) is 2. The summed E-state index contributed by atoms with van der Waals surface area (Å²) < 4.78 is 9.38. The van der Waals surface area contributed by atoms with Gasteiger partial charge in [0, 0.05) is 20.2 Å². The Labute approximate surface area is 122 Å². The van der Waals surface area contributed by atoms with Gasteiger partial charge in [-0.2, -0.15) is 4.37 Å². The molecule has 3 N–H and O–H groups in total. The molecule has 1 aromatic carbocycles. The molecule has 0 aliphatic rings. The van der Waals surface area contributed by atoms with E-state index in [1.807, 2.05) is 30.3 Å². The van der Waals surface area contributed by atoms with E-state index >= 15 is 0 Å². The molecule has 2 rings (SSSR count). The third kappa shape index (κ3) is 3.27. The molecule has 0 fully saturated rings. The maximum Gasteiger partial charge on any atom is 0.147 e. The molecule has 20 heavy (non-hydrogen) atoms. The van der Waals surface area contributed by atoms with Gasteiger partial charge in [-0.3, -0.25) is 0 Å². The number of aliphatic hydroxyl groups is 1. The number of nitrogen functional groups attached to an aromatic ring is 1. The average Bonchev–Trinajstić information content (AvgIpc) is 2.86. The predicted octanol–water partition coefficient (Wildman–Crippen LogP) is 1.84. The molecule has 5 nitrogen and oxygen atoms in total. The zero-order chi connectivity index (χ0) is 14.4. The number of ether oxygens (including phenoxy) is 1. The van der Waals surface area contributed by atoms with Crippen molar-refractivity contribution in [3.63, 3.8) is 0 Å². The summed E-state index contributed by atoms with van der Waals surface area (Å²) in [5.41, 5.74) is 7.98. The van der Waals surface area contributed by atoms with E-state index in [1.165, 1.54) is 11.5 Å². The molecule has 1 aromatic heterocycles. The smallest absolute Gasteiger partial charge is 0.147 e. The van der Waals surface area contributed by atoms with Crippen LogP contribution in [0, 0.1) is 0 Å². The average molecular weight is 293 g/mol. The van der Waals surface area contributed by atoms with Crippen molar-refractivity contribution in [2.24, 2.45) is 0 Å². The Balaban J connectivity index is 2.35. The summed E-state index contributed by atoms with van der Waals surface area (Å²) >= 11 is 1.35. The molecule has 0 radical (unpaired) electrons. The maximum absolute atomic E-state index is 9.24. The molecular weight excluding hydrogens is 274 g/mol. The molecule has 0 amide bonds. The number of methoxy groups -OCH3 is 1. The lowest BCUT2D eigenvalue weighted by Crippen LogP contribution is -2.29. The lowest BCUT2D eigenvalue weighted by molar-refractivity contribution is 0.203. The molecule has 0 aliphatic heterocycles. The number of benzene rings is 1. The molecule has 0 spiro atoms. The molecular formula is C14H19N3O2S. The van der Waals surface area contributed by atoms with Crippen LogP contribution in [0.3, 0.4) is 0 Å². The molecule has 0 unspecified atom stereocenters. The minimum absolute atomic E-state index is 0.0791. The standard InChI is InChI=1S/C14H19N3O2S/c1-19-10-8-17(7-9-18)14-12(13(15)16-20-14)11-5-3-2-4-6-11/h2-6,18H,7-10H2,1H3,(H2,15,16). The van der Waals surface area contributed by atoms with E-state index in [-0.39, 0.29) is 6.61 Å². The first-order valence-electron chi connectivity index (χ1n) is 6.43. The van der Waals surface area contributed by atoms with Crippen molar-refractivity contribution >= 4 is 22.4 Å². The quantitative estimate of drug-likeness (QED) is 0.815. The summed E-state index contributed by atoms with van der Waals surface area (Å²) in [5, 5.41) is 10.2. The maximum atomic E-state index is 9.24. The second-order valence-electron chi connectivity index (χ2n) is 4.32. The van der Waals surface area contributed by atoms with Gasteiger partial charge in [0.15, 0.2) is 0 Å². The van der Waals surface area contributed by atoms with Gasteiger partial charge in [-0.25, -0.2) is 0 Å². The Morgan fingerprint density at radius 1 is 1.30 bits per heavy atom. The third-order valence-electron chi connectivity index (χ3n) is 2.99. The van der Waals surface area contributed by atoms with Gasteiger partial charge in [-0.05, 0) is 17.1 Å². The third-order valence-corrected chi connectivity index (χ3v) is 3.91. The van der Waals surface area contributed by atoms with Crippen LogP contribution in [-0.2, 0) is 4.74 Å². The normalized spacial score (nSPS) is 10.7. The second kappa shape index (κ2) is 7.23. The van der Waals surface area contributed by atoms with Crippen molar-refractivity contribution in [1.29, 1.82) is 0 Å². The van der Waals surface area contributed by atoms with Gasteiger partial charge in [0.05, 0.1) is 18.8 Å². The van der Waals surface area contributed by atoms with Crippen LogP contribution in [0.15, 0.2) is 30.3 Å². The van der Waals surface area contributed by atoms with Crippen LogP contribution < -0.4 is 10.6 Å². The highest BCUT2D eigenvalue weighted by molar-refractivity contribution is 7.11. The Bertz CT molecular complexity index is 530. The van der Waals surface area contributed by atoms with Crippen molar-refractivity contribution in [1.82, 2.24) is 4.37 Å². The van der Waals surface area contributed by atoms with Crippen LogP contribution in [0.4, 0.5) is 10.8 Å². The van der Waals surface area contributed by atoms with Gasteiger partial charge >= 0.3 is 0 Å². The number of nitrogens with two attached hydrogens (primary N) is 1.